The first-order chi connectivity index (χ1) is 8.19. The van der Waals surface area contributed by atoms with Gasteiger partial charge in [-0.2, -0.15) is 0 Å². The lowest BCUT2D eigenvalue weighted by atomic mass is 10.2. The summed E-state index contributed by atoms with van der Waals surface area (Å²) in [5, 5.41) is 0. The summed E-state index contributed by atoms with van der Waals surface area (Å²) < 4.78 is 21.8. The first kappa shape index (κ1) is 12.2. The van der Waals surface area contributed by atoms with E-state index in [-0.39, 0.29) is 12.4 Å². The summed E-state index contributed by atoms with van der Waals surface area (Å²) in [7, 11) is 1.63. The van der Waals surface area contributed by atoms with Gasteiger partial charge in [-0.1, -0.05) is 0 Å². The molecule has 1 heterocycles. The zero-order valence-corrected chi connectivity index (χ0v) is 10.4. The van der Waals surface area contributed by atoms with Crippen molar-refractivity contribution >= 4 is 0 Å². The predicted octanol–water partition coefficient (Wildman–Crippen LogP) is 2.53. The van der Waals surface area contributed by atoms with Gasteiger partial charge in [0.05, 0.1) is 26.4 Å². The van der Waals surface area contributed by atoms with E-state index in [1.54, 1.807) is 7.11 Å². The van der Waals surface area contributed by atoms with Crippen LogP contribution in [0.2, 0.25) is 0 Å². The SMILES string of the molecule is COc1cc(OC(C)C)cc(C2OCCO2)c1. The highest BCUT2D eigenvalue weighted by Crippen LogP contribution is 2.31. The van der Waals surface area contributed by atoms with Gasteiger partial charge in [-0.25, -0.2) is 0 Å². The lowest BCUT2D eigenvalue weighted by molar-refractivity contribution is -0.0444. The summed E-state index contributed by atoms with van der Waals surface area (Å²) in [6, 6.07) is 5.69. The third kappa shape index (κ3) is 3.11. The van der Waals surface area contributed by atoms with Crippen LogP contribution in [0.5, 0.6) is 11.5 Å². The molecule has 0 amide bonds. The minimum atomic E-state index is -0.306. The van der Waals surface area contributed by atoms with E-state index < -0.39 is 0 Å². The lowest BCUT2D eigenvalue weighted by Gasteiger charge is -2.15. The Morgan fingerprint density at radius 2 is 1.76 bits per heavy atom. The summed E-state index contributed by atoms with van der Waals surface area (Å²) in [4.78, 5) is 0. The van der Waals surface area contributed by atoms with Gasteiger partial charge in [0.1, 0.15) is 11.5 Å². The Labute approximate surface area is 101 Å². The molecule has 0 aliphatic carbocycles. The van der Waals surface area contributed by atoms with E-state index in [0.717, 1.165) is 17.1 Å². The maximum atomic E-state index is 5.67. The molecule has 1 aromatic carbocycles. The lowest BCUT2D eigenvalue weighted by Crippen LogP contribution is -2.07. The molecule has 0 unspecified atom stereocenters. The molecule has 94 valence electrons. The zero-order valence-electron chi connectivity index (χ0n) is 10.4. The topological polar surface area (TPSA) is 36.9 Å². The van der Waals surface area contributed by atoms with Crippen LogP contribution < -0.4 is 9.47 Å². The Morgan fingerprint density at radius 1 is 1.12 bits per heavy atom. The fraction of sp³-hybridized carbons (Fsp3) is 0.538. The second-order valence-electron chi connectivity index (χ2n) is 4.18. The summed E-state index contributed by atoms with van der Waals surface area (Å²) in [6.45, 7) is 5.23. The average Bonchev–Trinajstić information content (AvgIpc) is 2.81. The molecule has 17 heavy (non-hydrogen) atoms. The molecular formula is C13H18O4. The fourth-order valence-electron chi connectivity index (χ4n) is 1.74. The molecule has 1 fully saturated rings. The van der Waals surface area contributed by atoms with Gasteiger partial charge in [0.2, 0.25) is 0 Å². The van der Waals surface area contributed by atoms with E-state index in [1.807, 2.05) is 32.0 Å². The molecule has 0 aromatic heterocycles. The molecule has 1 saturated heterocycles. The van der Waals surface area contributed by atoms with E-state index in [0.29, 0.717) is 13.2 Å². The van der Waals surface area contributed by atoms with Crippen molar-refractivity contribution in [2.24, 2.45) is 0 Å². The van der Waals surface area contributed by atoms with Crippen molar-refractivity contribution in [1.29, 1.82) is 0 Å². The zero-order chi connectivity index (χ0) is 12.3. The smallest absolute Gasteiger partial charge is 0.184 e. The molecule has 0 bridgehead atoms. The Morgan fingerprint density at radius 3 is 2.35 bits per heavy atom. The highest BCUT2D eigenvalue weighted by Gasteiger charge is 2.20. The van der Waals surface area contributed by atoms with Gasteiger partial charge in [0.25, 0.3) is 0 Å². The van der Waals surface area contributed by atoms with Gasteiger partial charge < -0.3 is 18.9 Å². The van der Waals surface area contributed by atoms with E-state index in [2.05, 4.69) is 0 Å². The number of hydrogen-bond acceptors (Lipinski definition) is 4. The number of ether oxygens (including phenoxy) is 4. The minimum absolute atomic E-state index is 0.125. The first-order valence-corrected chi connectivity index (χ1v) is 5.78. The van der Waals surface area contributed by atoms with Crippen LogP contribution in [-0.4, -0.2) is 26.4 Å². The Kier molecular flexibility index (Phi) is 3.86. The van der Waals surface area contributed by atoms with Gasteiger partial charge in [0, 0.05) is 11.6 Å². The van der Waals surface area contributed by atoms with Crippen LogP contribution in [-0.2, 0) is 9.47 Å². The maximum absolute atomic E-state index is 5.67. The van der Waals surface area contributed by atoms with E-state index in [4.69, 9.17) is 18.9 Å². The van der Waals surface area contributed by atoms with Crippen molar-refractivity contribution in [3.8, 4) is 11.5 Å². The molecule has 2 rings (SSSR count). The van der Waals surface area contributed by atoms with Crippen LogP contribution in [0.1, 0.15) is 25.7 Å². The molecule has 4 nitrogen and oxygen atoms in total. The fourth-order valence-corrected chi connectivity index (χ4v) is 1.74. The normalized spacial score (nSPS) is 16.5. The molecule has 4 heteroatoms. The highest BCUT2D eigenvalue weighted by molar-refractivity contribution is 5.39. The molecule has 1 aliphatic rings. The molecule has 0 spiro atoms. The van der Waals surface area contributed by atoms with Crippen LogP contribution in [0.3, 0.4) is 0 Å². The monoisotopic (exact) mass is 238 g/mol. The Hall–Kier alpha value is -1.26. The van der Waals surface area contributed by atoms with Crippen molar-refractivity contribution in [3.05, 3.63) is 23.8 Å². The van der Waals surface area contributed by atoms with Gasteiger partial charge >= 0.3 is 0 Å². The summed E-state index contributed by atoms with van der Waals surface area (Å²) in [5.41, 5.74) is 0.928. The van der Waals surface area contributed by atoms with E-state index in [9.17, 15) is 0 Å². The molecular weight excluding hydrogens is 220 g/mol. The summed E-state index contributed by atoms with van der Waals surface area (Å²) >= 11 is 0. The first-order valence-electron chi connectivity index (χ1n) is 5.78. The van der Waals surface area contributed by atoms with Gasteiger partial charge in [0.15, 0.2) is 6.29 Å². The second kappa shape index (κ2) is 5.38. The Balaban J connectivity index is 2.24. The van der Waals surface area contributed by atoms with Crippen molar-refractivity contribution in [2.45, 2.75) is 26.2 Å². The van der Waals surface area contributed by atoms with Crippen molar-refractivity contribution in [3.63, 3.8) is 0 Å². The molecule has 0 atom stereocenters. The van der Waals surface area contributed by atoms with Crippen LogP contribution >= 0.6 is 0 Å². The largest absolute Gasteiger partial charge is 0.497 e. The number of methoxy groups -OCH3 is 1. The highest BCUT2D eigenvalue weighted by atomic mass is 16.7. The maximum Gasteiger partial charge on any atom is 0.184 e. The van der Waals surface area contributed by atoms with Crippen molar-refractivity contribution in [2.75, 3.05) is 20.3 Å². The molecule has 1 aromatic rings. The van der Waals surface area contributed by atoms with Gasteiger partial charge in [-0.05, 0) is 26.0 Å². The molecule has 0 radical (unpaired) electrons. The minimum Gasteiger partial charge on any atom is -0.497 e. The van der Waals surface area contributed by atoms with Crippen LogP contribution in [0.4, 0.5) is 0 Å². The predicted molar refractivity (Wildman–Crippen MR) is 63.4 cm³/mol. The third-order valence-electron chi connectivity index (χ3n) is 2.40. The van der Waals surface area contributed by atoms with Crippen LogP contribution in [0, 0.1) is 0 Å². The summed E-state index contributed by atoms with van der Waals surface area (Å²) in [6.07, 6.45) is -0.181. The number of benzene rings is 1. The van der Waals surface area contributed by atoms with Crippen LogP contribution in [0.25, 0.3) is 0 Å². The number of hydrogen-bond donors (Lipinski definition) is 0. The van der Waals surface area contributed by atoms with E-state index >= 15 is 0 Å². The Bertz CT molecular complexity index is 370. The molecule has 1 aliphatic heterocycles. The quantitative estimate of drug-likeness (QED) is 0.807. The molecule has 0 N–H and O–H groups in total. The number of rotatable bonds is 4. The third-order valence-corrected chi connectivity index (χ3v) is 2.40. The van der Waals surface area contributed by atoms with Crippen LogP contribution in [0.15, 0.2) is 18.2 Å². The molecule has 0 saturated carbocycles. The second-order valence-corrected chi connectivity index (χ2v) is 4.18. The van der Waals surface area contributed by atoms with Gasteiger partial charge in [-0.3, -0.25) is 0 Å². The van der Waals surface area contributed by atoms with Gasteiger partial charge in [-0.15, -0.1) is 0 Å². The summed E-state index contributed by atoms with van der Waals surface area (Å²) in [5.74, 6) is 1.52. The van der Waals surface area contributed by atoms with Crippen molar-refractivity contribution < 1.29 is 18.9 Å². The van der Waals surface area contributed by atoms with E-state index in [1.165, 1.54) is 0 Å². The average molecular weight is 238 g/mol. The standard InChI is InChI=1S/C13H18O4/c1-9(2)17-12-7-10(6-11(8-12)14-3)13-15-4-5-16-13/h6-9,13H,4-5H2,1-3H3. The van der Waals surface area contributed by atoms with Crippen molar-refractivity contribution in [1.82, 2.24) is 0 Å².